The number of rotatable bonds is 3. The summed E-state index contributed by atoms with van der Waals surface area (Å²) in [5.74, 6) is -1.92. The Labute approximate surface area is 112 Å². The number of amides is 1. The Bertz CT molecular complexity index is 634. The monoisotopic (exact) mass is 286 g/mol. The first-order chi connectivity index (χ1) is 9.29. The number of nitrogens with one attached hydrogen (secondary N) is 1. The maximum absolute atomic E-state index is 12.1. The Kier molecular flexibility index (Phi) is 3.61. The second-order valence-corrected chi connectivity index (χ2v) is 4.57. The molecule has 20 heavy (non-hydrogen) atoms. The van der Waals surface area contributed by atoms with Gasteiger partial charge in [-0.05, 0) is 37.1 Å². The van der Waals surface area contributed by atoms with Gasteiger partial charge >= 0.3 is 12.1 Å². The van der Waals surface area contributed by atoms with Gasteiger partial charge in [-0.3, -0.25) is 4.79 Å². The molecular weight excluding hydrogens is 273 g/mol. The molecule has 1 amide bonds. The van der Waals surface area contributed by atoms with E-state index in [1.807, 2.05) is 5.32 Å². The van der Waals surface area contributed by atoms with Gasteiger partial charge in [-0.2, -0.15) is 13.2 Å². The standard InChI is InChI=1S/C13H13F3N2O2/c1-8(17-12(20)13(14,15)16)7-9-4-6-18-5-2-3-10(19)11(9)18/h2-6,8,19H,7H2,1H3,(H,17,20). The van der Waals surface area contributed by atoms with Crippen molar-refractivity contribution in [2.45, 2.75) is 25.6 Å². The first-order valence-corrected chi connectivity index (χ1v) is 5.94. The van der Waals surface area contributed by atoms with Crippen LogP contribution in [-0.4, -0.2) is 27.6 Å². The van der Waals surface area contributed by atoms with E-state index in [1.165, 1.54) is 13.0 Å². The van der Waals surface area contributed by atoms with Crippen molar-refractivity contribution in [3.05, 3.63) is 36.2 Å². The van der Waals surface area contributed by atoms with Crippen LogP contribution in [-0.2, 0) is 11.2 Å². The molecule has 1 unspecified atom stereocenters. The van der Waals surface area contributed by atoms with E-state index in [4.69, 9.17) is 0 Å². The summed E-state index contributed by atoms with van der Waals surface area (Å²) < 4.78 is 38.1. The molecule has 2 heterocycles. The smallest absolute Gasteiger partial charge is 0.471 e. The minimum atomic E-state index is -4.89. The number of nitrogens with zero attached hydrogens (tertiary/aromatic N) is 1. The molecule has 0 fully saturated rings. The van der Waals surface area contributed by atoms with Gasteiger partial charge in [0.05, 0.1) is 5.52 Å². The van der Waals surface area contributed by atoms with Crippen molar-refractivity contribution in [2.24, 2.45) is 0 Å². The number of aromatic nitrogens is 1. The van der Waals surface area contributed by atoms with Crippen LogP contribution >= 0.6 is 0 Å². The molecule has 0 radical (unpaired) electrons. The molecule has 0 aromatic carbocycles. The molecule has 0 saturated carbocycles. The number of halogens is 3. The van der Waals surface area contributed by atoms with Gasteiger partial charge in [0, 0.05) is 18.4 Å². The van der Waals surface area contributed by atoms with Crippen LogP contribution in [0.2, 0.25) is 0 Å². The van der Waals surface area contributed by atoms with E-state index in [9.17, 15) is 23.1 Å². The highest BCUT2D eigenvalue weighted by molar-refractivity contribution is 5.82. The molecule has 2 N–H and O–H groups in total. The average molecular weight is 286 g/mol. The number of fused-ring (bicyclic) bond motifs is 1. The lowest BCUT2D eigenvalue weighted by Crippen LogP contribution is -2.42. The van der Waals surface area contributed by atoms with Crippen LogP contribution in [0.25, 0.3) is 5.52 Å². The molecule has 0 spiro atoms. The zero-order valence-electron chi connectivity index (χ0n) is 10.6. The second-order valence-electron chi connectivity index (χ2n) is 4.57. The third-order valence-electron chi connectivity index (χ3n) is 2.90. The number of hydrogen-bond donors (Lipinski definition) is 2. The third-order valence-corrected chi connectivity index (χ3v) is 2.90. The zero-order chi connectivity index (χ0) is 14.9. The summed E-state index contributed by atoms with van der Waals surface area (Å²) in [5, 5.41) is 11.7. The number of carbonyl (C=O) groups is 1. The molecule has 1 atom stereocenters. The van der Waals surface area contributed by atoms with Gasteiger partial charge in [0.2, 0.25) is 0 Å². The summed E-state index contributed by atoms with van der Waals surface area (Å²) in [6, 6.07) is 4.15. The quantitative estimate of drug-likeness (QED) is 0.909. The van der Waals surface area contributed by atoms with Crippen molar-refractivity contribution >= 4 is 11.4 Å². The van der Waals surface area contributed by atoms with Crippen molar-refractivity contribution < 1.29 is 23.1 Å². The van der Waals surface area contributed by atoms with Gasteiger partial charge in [-0.25, -0.2) is 0 Å². The molecular formula is C13H13F3N2O2. The molecule has 0 saturated heterocycles. The van der Waals surface area contributed by atoms with Crippen molar-refractivity contribution in [2.75, 3.05) is 0 Å². The van der Waals surface area contributed by atoms with E-state index in [2.05, 4.69) is 0 Å². The number of carbonyl (C=O) groups excluding carboxylic acids is 1. The number of alkyl halides is 3. The summed E-state index contributed by atoms with van der Waals surface area (Å²) >= 11 is 0. The predicted molar refractivity (Wildman–Crippen MR) is 66.4 cm³/mol. The van der Waals surface area contributed by atoms with Crippen molar-refractivity contribution in [3.8, 4) is 5.75 Å². The summed E-state index contributed by atoms with van der Waals surface area (Å²) in [6.45, 7) is 1.48. The Morgan fingerprint density at radius 3 is 2.75 bits per heavy atom. The highest BCUT2D eigenvalue weighted by Gasteiger charge is 2.39. The van der Waals surface area contributed by atoms with Crippen molar-refractivity contribution in [3.63, 3.8) is 0 Å². The molecule has 0 aliphatic carbocycles. The van der Waals surface area contributed by atoms with Gasteiger partial charge in [-0.15, -0.1) is 0 Å². The molecule has 2 aromatic rings. The van der Waals surface area contributed by atoms with Crippen molar-refractivity contribution in [1.29, 1.82) is 0 Å². The second kappa shape index (κ2) is 5.07. The normalized spacial score (nSPS) is 13.4. The fraction of sp³-hybridized carbons (Fsp3) is 0.308. The minimum Gasteiger partial charge on any atom is -0.506 e. The molecule has 0 aliphatic heterocycles. The molecule has 7 heteroatoms. The van der Waals surface area contributed by atoms with Crippen LogP contribution in [0.1, 0.15) is 12.5 Å². The Morgan fingerprint density at radius 1 is 1.40 bits per heavy atom. The lowest BCUT2D eigenvalue weighted by atomic mass is 10.1. The largest absolute Gasteiger partial charge is 0.506 e. The van der Waals surface area contributed by atoms with E-state index < -0.39 is 18.1 Å². The molecule has 0 bridgehead atoms. The molecule has 108 valence electrons. The zero-order valence-corrected chi connectivity index (χ0v) is 10.6. The molecule has 0 aliphatic rings. The lowest BCUT2D eigenvalue weighted by Gasteiger charge is -2.15. The van der Waals surface area contributed by atoms with Crippen LogP contribution < -0.4 is 5.32 Å². The lowest BCUT2D eigenvalue weighted by molar-refractivity contribution is -0.174. The fourth-order valence-electron chi connectivity index (χ4n) is 2.07. The maximum Gasteiger partial charge on any atom is 0.471 e. The number of aromatic hydroxyl groups is 1. The molecule has 2 aromatic heterocycles. The van der Waals surface area contributed by atoms with Gasteiger partial charge in [-0.1, -0.05) is 0 Å². The van der Waals surface area contributed by atoms with E-state index >= 15 is 0 Å². The average Bonchev–Trinajstić information content (AvgIpc) is 2.72. The van der Waals surface area contributed by atoms with Gasteiger partial charge in [0.1, 0.15) is 5.75 Å². The summed E-state index contributed by atoms with van der Waals surface area (Å²) in [5.41, 5.74) is 1.19. The first-order valence-electron chi connectivity index (χ1n) is 5.94. The Balaban J connectivity index is 2.15. The van der Waals surface area contributed by atoms with Crippen LogP contribution in [0, 0.1) is 0 Å². The van der Waals surface area contributed by atoms with E-state index in [0.717, 1.165) is 0 Å². The topological polar surface area (TPSA) is 53.7 Å². The van der Waals surface area contributed by atoms with Gasteiger partial charge in [0.15, 0.2) is 0 Å². The summed E-state index contributed by atoms with van der Waals surface area (Å²) in [4.78, 5) is 10.8. The highest BCUT2D eigenvalue weighted by Crippen LogP contribution is 2.24. The summed E-state index contributed by atoms with van der Waals surface area (Å²) in [6.07, 6.45) is -1.28. The van der Waals surface area contributed by atoms with Crippen molar-refractivity contribution in [1.82, 2.24) is 9.72 Å². The van der Waals surface area contributed by atoms with Gasteiger partial charge < -0.3 is 14.8 Å². The predicted octanol–water partition coefficient (Wildman–Crippen LogP) is 2.25. The highest BCUT2D eigenvalue weighted by atomic mass is 19.4. The molecule has 2 rings (SSSR count). The van der Waals surface area contributed by atoms with Crippen LogP contribution in [0.3, 0.4) is 0 Å². The number of pyridine rings is 1. The van der Waals surface area contributed by atoms with Crippen LogP contribution in [0.4, 0.5) is 13.2 Å². The first kappa shape index (κ1) is 14.2. The molecule has 4 nitrogen and oxygen atoms in total. The third kappa shape index (κ3) is 2.87. The SMILES string of the molecule is CC(Cc1ccn2cccc(O)c12)NC(=O)C(F)(F)F. The minimum absolute atomic E-state index is 0.0434. The Hall–Kier alpha value is -2.18. The van der Waals surface area contributed by atoms with Gasteiger partial charge in [0.25, 0.3) is 0 Å². The van der Waals surface area contributed by atoms with E-state index in [-0.39, 0.29) is 12.2 Å². The maximum atomic E-state index is 12.1. The van der Waals surface area contributed by atoms with E-state index in [0.29, 0.717) is 11.1 Å². The number of hydrogen-bond acceptors (Lipinski definition) is 2. The fourth-order valence-corrected chi connectivity index (χ4v) is 2.07. The summed E-state index contributed by atoms with van der Waals surface area (Å²) in [7, 11) is 0. The Morgan fingerprint density at radius 2 is 2.10 bits per heavy atom. The van der Waals surface area contributed by atoms with Crippen LogP contribution in [0.5, 0.6) is 5.75 Å². The van der Waals surface area contributed by atoms with Crippen LogP contribution in [0.15, 0.2) is 30.6 Å². The van der Waals surface area contributed by atoms with E-state index in [1.54, 1.807) is 28.9 Å².